The summed E-state index contributed by atoms with van der Waals surface area (Å²) in [4.78, 5) is 11.5. The highest BCUT2D eigenvalue weighted by Crippen LogP contribution is 2.29. The summed E-state index contributed by atoms with van der Waals surface area (Å²) in [5.41, 5.74) is 2.25. The van der Waals surface area contributed by atoms with Crippen LogP contribution >= 0.6 is 22.6 Å². The monoisotopic (exact) mass is 456 g/mol. The summed E-state index contributed by atoms with van der Waals surface area (Å²) >= 11 is 2.23. The van der Waals surface area contributed by atoms with Crippen LogP contribution in [0.1, 0.15) is 51.3 Å². The molecule has 1 aromatic rings. The predicted molar refractivity (Wildman–Crippen MR) is 111 cm³/mol. The second kappa shape index (κ2) is 11.3. The molecule has 25 heavy (non-hydrogen) atoms. The second-order valence-electron chi connectivity index (χ2n) is 6.01. The Hall–Kier alpha value is -1.36. The van der Waals surface area contributed by atoms with E-state index >= 15 is 0 Å². The van der Waals surface area contributed by atoms with Gasteiger partial charge in [-0.25, -0.2) is 0 Å². The SMILES string of the molecule is C=C(I)[C@@H](CC#N)CN(CCC)c1nc(OC)nc(CC)c1CCC. The third kappa shape index (κ3) is 6.14. The average molecular weight is 456 g/mol. The molecule has 0 aliphatic heterocycles. The van der Waals surface area contributed by atoms with Gasteiger partial charge in [0.15, 0.2) is 0 Å². The minimum Gasteiger partial charge on any atom is -0.467 e. The normalized spacial score (nSPS) is 11.7. The molecule has 6 heteroatoms. The van der Waals surface area contributed by atoms with Gasteiger partial charge < -0.3 is 9.64 Å². The summed E-state index contributed by atoms with van der Waals surface area (Å²) in [6.45, 7) is 12.1. The maximum atomic E-state index is 9.14. The van der Waals surface area contributed by atoms with Gasteiger partial charge in [-0.15, -0.1) is 0 Å². The molecule has 0 aliphatic carbocycles. The number of methoxy groups -OCH3 is 1. The molecule has 0 radical (unpaired) electrons. The molecule has 1 atom stereocenters. The highest BCUT2D eigenvalue weighted by molar-refractivity contribution is 14.1. The summed E-state index contributed by atoms with van der Waals surface area (Å²) in [5, 5.41) is 9.14. The molecule has 5 nitrogen and oxygen atoms in total. The Bertz CT molecular complexity index is 612. The van der Waals surface area contributed by atoms with Crippen molar-refractivity contribution in [3.05, 3.63) is 21.4 Å². The lowest BCUT2D eigenvalue weighted by atomic mass is 10.0. The van der Waals surface area contributed by atoms with Gasteiger partial charge in [0, 0.05) is 31.0 Å². The Morgan fingerprint density at radius 3 is 2.52 bits per heavy atom. The van der Waals surface area contributed by atoms with Crippen molar-refractivity contribution in [3.63, 3.8) is 0 Å². The third-order valence-corrected chi connectivity index (χ3v) is 4.96. The molecule has 1 aromatic heterocycles. The molecule has 0 aromatic carbocycles. The van der Waals surface area contributed by atoms with Crippen molar-refractivity contribution in [2.45, 2.75) is 52.9 Å². The van der Waals surface area contributed by atoms with Crippen molar-refractivity contribution in [1.82, 2.24) is 9.97 Å². The van der Waals surface area contributed by atoms with Crippen LogP contribution in [-0.4, -0.2) is 30.2 Å². The van der Waals surface area contributed by atoms with Gasteiger partial charge in [-0.05, 0) is 45.4 Å². The summed E-state index contributed by atoms with van der Waals surface area (Å²) in [6.07, 6.45) is 4.30. The zero-order valence-corrected chi connectivity index (χ0v) is 18.0. The van der Waals surface area contributed by atoms with E-state index in [4.69, 9.17) is 10.00 Å². The zero-order valence-electron chi connectivity index (χ0n) is 15.8. The second-order valence-corrected chi connectivity index (χ2v) is 7.40. The first-order chi connectivity index (χ1) is 12.0. The topological polar surface area (TPSA) is 62.0 Å². The van der Waals surface area contributed by atoms with Crippen LogP contribution in [-0.2, 0) is 12.8 Å². The van der Waals surface area contributed by atoms with Crippen LogP contribution in [0.3, 0.4) is 0 Å². The Morgan fingerprint density at radius 1 is 1.32 bits per heavy atom. The van der Waals surface area contributed by atoms with Gasteiger partial charge in [0.25, 0.3) is 0 Å². The van der Waals surface area contributed by atoms with Gasteiger partial charge in [0.2, 0.25) is 0 Å². The van der Waals surface area contributed by atoms with E-state index in [0.717, 1.165) is 53.9 Å². The minimum absolute atomic E-state index is 0.123. The van der Waals surface area contributed by atoms with E-state index in [9.17, 15) is 0 Å². The lowest BCUT2D eigenvalue weighted by Crippen LogP contribution is -2.32. The fourth-order valence-electron chi connectivity index (χ4n) is 2.85. The number of rotatable bonds is 11. The number of nitriles is 1. The highest BCUT2D eigenvalue weighted by atomic mass is 127. The van der Waals surface area contributed by atoms with Crippen molar-refractivity contribution >= 4 is 28.4 Å². The van der Waals surface area contributed by atoms with Gasteiger partial charge in [-0.3, -0.25) is 0 Å². The van der Waals surface area contributed by atoms with Crippen LogP contribution in [0.4, 0.5) is 5.82 Å². The van der Waals surface area contributed by atoms with E-state index in [1.165, 1.54) is 5.56 Å². The largest absolute Gasteiger partial charge is 0.467 e. The van der Waals surface area contributed by atoms with Gasteiger partial charge >= 0.3 is 6.01 Å². The molecule has 0 fully saturated rings. The van der Waals surface area contributed by atoms with Gasteiger partial charge in [0.05, 0.1) is 18.9 Å². The smallest absolute Gasteiger partial charge is 0.318 e. The Kier molecular flexibility index (Phi) is 9.79. The van der Waals surface area contributed by atoms with Crippen LogP contribution in [0.25, 0.3) is 0 Å². The standard InChI is InChI=1S/C19H29IN4O/c1-6-9-16-17(8-3)22-19(25-5)23-18(16)24(12-7-2)13-15(10-11-21)14(4)20/h15H,4,6-10,12-13H2,1-3,5H3/t15-/m0/s1. The first-order valence-corrected chi connectivity index (χ1v) is 9.99. The number of nitrogens with zero attached hydrogens (tertiary/aromatic N) is 4. The number of aromatic nitrogens is 2. The summed E-state index contributed by atoms with van der Waals surface area (Å²) in [7, 11) is 1.60. The first-order valence-electron chi connectivity index (χ1n) is 8.92. The molecule has 0 saturated heterocycles. The lowest BCUT2D eigenvalue weighted by Gasteiger charge is -2.29. The maximum absolute atomic E-state index is 9.14. The number of ether oxygens (including phenoxy) is 1. The summed E-state index contributed by atoms with van der Waals surface area (Å²) < 4.78 is 6.35. The quantitative estimate of drug-likeness (QED) is 0.452. The number of hydrogen-bond acceptors (Lipinski definition) is 5. The van der Waals surface area contributed by atoms with Gasteiger partial charge in [-0.2, -0.15) is 15.2 Å². The van der Waals surface area contributed by atoms with E-state index in [1.54, 1.807) is 7.11 Å². The average Bonchev–Trinajstić information content (AvgIpc) is 2.60. The van der Waals surface area contributed by atoms with Crippen LogP contribution in [0.15, 0.2) is 10.2 Å². The van der Waals surface area contributed by atoms with E-state index in [1.807, 2.05) is 0 Å². The molecule has 0 amide bonds. The van der Waals surface area contributed by atoms with Crippen molar-refractivity contribution in [2.75, 3.05) is 25.1 Å². The highest BCUT2D eigenvalue weighted by Gasteiger charge is 2.22. The van der Waals surface area contributed by atoms with E-state index < -0.39 is 0 Å². The van der Waals surface area contributed by atoms with Crippen LogP contribution in [0.5, 0.6) is 6.01 Å². The molecule has 138 valence electrons. The number of halogens is 1. The number of anilines is 1. The Morgan fingerprint density at radius 2 is 2.04 bits per heavy atom. The molecular formula is C19H29IN4O. The zero-order chi connectivity index (χ0) is 18.8. The van der Waals surface area contributed by atoms with Crippen molar-refractivity contribution < 1.29 is 4.74 Å². The van der Waals surface area contributed by atoms with Crippen LogP contribution < -0.4 is 9.64 Å². The predicted octanol–water partition coefficient (Wildman–Crippen LogP) is 4.70. The molecule has 0 N–H and O–H groups in total. The Labute approximate surface area is 165 Å². The molecule has 1 heterocycles. The van der Waals surface area contributed by atoms with E-state index in [0.29, 0.717) is 12.4 Å². The van der Waals surface area contributed by atoms with Crippen molar-refractivity contribution in [2.24, 2.45) is 5.92 Å². The number of hydrogen-bond donors (Lipinski definition) is 0. The lowest BCUT2D eigenvalue weighted by molar-refractivity contribution is 0.377. The van der Waals surface area contributed by atoms with Crippen molar-refractivity contribution in [1.29, 1.82) is 5.26 Å². The van der Waals surface area contributed by atoms with Crippen LogP contribution in [0, 0.1) is 17.2 Å². The van der Waals surface area contributed by atoms with E-state index in [2.05, 4.69) is 70.9 Å². The van der Waals surface area contributed by atoms with E-state index in [-0.39, 0.29) is 5.92 Å². The third-order valence-electron chi connectivity index (χ3n) is 4.08. The molecule has 0 unspecified atom stereocenters. The van der Waals surface area contributed by atoms with Crippen molar-refractivity contribution in [3.8, 4) is 12.1 Å². The number of aryl methyl sites for hydroxylation is 1. The molecule has 0 aliphatic rings. The summed E-state index contributed by atoms with van der Waals surface area (Å²) in [6, 6.07) is 2.70. The summed E-state index contributed by atoms with van der Waals surface area (Å²) in [5.74, 6) is 1.07. The molecule has 1 rings (SSSR count). The Balaban J connectivity index is 3.37. The minimum atomic E-state index is 0.123. The fourth-order valence-corrected chi connectivity index (χ4v) is 3.27. The molecule has 0 spiro atoms. The molecular weight excluding hydrogens is 427 g/mol. The van der Waals surface area contributed by atoms with Gasteiger partial charge in [0.1, 0.15) is 5.82 Å². The van der Waals surface area contributed by atoms with Crippen LogP contribution in [0.2, 0.25) is 0 Å². The molecule has 0 bridgehead atoms. The fraction of sp³-hybridized carbons (Fsp3) is 0.632. The molecule has 0 saturated carbocycles. The maximum Gasteiger partial charge on any atom is 0.318 e. The van der Waals surface area contributed by atoms with Gasteiger partial charge in [-0.1, -0.05) is 33.8 Å². The first kappa shape index (κ1) is 21.7.